The largest absolute Gasteiger partial charge is 0.396 e. The average molecular weight is 423 g/mol. The fourth-order valence-corrected chi connectivity index (χ4v) is 3.46. The molecule has 3 rings (SSSR count). The first-order chi connectivity index (χ1) is 15.0. The molecule has 0 spiro atoms. The van der Waals surface area contributed by atoms with E-state index in [2.05, 4.69) is 10.3 Å². The van der Waals surface area contributed by atoms with Gasteiger partial charge in [0, 0.05) is 36.4 Å². The van der Waals surface area contributed by atoms with E-state index in [1.54, 1.807) is 13.0 Å². The summed E-state index contributed by atoms with van der Waals surface area (Å²) in [4.78, 5) is 30.1. The maximum absolute atomic E-state index is 13.8. The smallest absolute Gasteiger partial charge is 0.257 e. The highest BCUT2D eigenvalue weighted by atomic mass is 19.1. The van der Waals surface area contributed by atoms with Crippen LogP contribution in [-0.4, -0.2) is 33.7 Å². The van der Waals surface area contributed by atoms with Gasteiger partial charge in [0.1, 0.15) is 18.2 Å². The summed E-state index contributed by atoms with van der Waals surface area (Å²) < 4.78 is 15.0. The number of aromatic nitrogens is 2. The predicted octanol–water partition coefficient (Wildman–Crippen LogP) is 2.64. The third-order valence-electron chi connectivity index (χ3n) is 5.02. The Balaban J connectivity index is 1.78. The second-order valence-corrected chi connectivity index (χ2v) is 7.31. The Morgan fingerprint density at radius 1 is 1.13 bits per heavy atom. The van der Waals surface area contributed by atoms with Crippen molar-refractivity contribution < 1.29 is 14.3 Å². The number of rotatable bonds is 9. The van der Waals surface area contributed by atoms with Crippen molar-refractivity contribution in [3.8, 4) is 11.4 Å². The van der Waals surface area contributed by atoms with Crippen molar-refractivity contribution in [3.63, 3.8) is 0 Å². The molecule has 7 heteroatoms. The molecule has 0 unspecified atom stereocenters. The number of hydrogen-bond donors (Lipinski definition) is 2. The first-order valence-electron chi connectivity index (χ1n) is 10.3. The van der Waals surface area contributed by atoms with E-state index >= 15 is 0 Å². The summed E-state index contributed by atoms with van der Waals surface area (Å²) in [7, 11) is 0. The van der Waals surface area contributed by atoms with Gasteiger partial charge in [-0.25, -0.2) is 9.37 Å². The van der Waals surface area contributed by atoms with Crippen molar-refractivity contribution in [1.82, 2.24) is 14.9 Å². The lowest BCUT2D eigenvalue weighted by molar-refractivity contribution is -0.121. The zero-order valence-corrected chi connectivity index (χ0v) is 17.5. The molecule has 1 amide bonds. The summed E-state index contributed by atoms with van der Waals surface area (Å²) in [5, 5.41) is 12.1. The fourth-order valence-electron chi connectivity index (χ4n) is 3.46. The normalized spacial score (nSPS) is 10.8. The Morgan fingerprint density at radius 3 is 2.61 bits per heavy atom. The van der Waals surface area contributed by atoms with E-state index in [4.69, 9.17) is 0 Å². The van der Waals surface area contributed by atoms with Crippen molar-refractivity contribution in [2.24, 2.45) is 0 Å². The van der Waals surface area contributed by atoms with Gasteiger partial charge in [0.2, 0.25) is 5.91 Å². The van der Waals surface area contributed by atoms with Gasteiger partial charge in [-0.1, -0.05) is 42.5 Å². The Labute approximate surface area is 180 Å². The number of nitrogens with one attached hydrogen (secondary N) is 1. The van der Waals surface area contributed by atoms with Crippen LogP contribution in [0.2, 0.25) is 0 Å². The topological polar surface area (TPSA) is 84.2 Å². The van der Waals surface area contributed by atoms with E-state index in [1.807, 2.05) is 30.3 Å². The number of carbonyl (C=O) groups is 1. The summed E-state index contributed by atoms with van der Waals surface area (Å²) in [6, 6.07) is 15.7. The van der Waals surface area contributed by atoms with Crippen molar-refractivity contribution in [3.05, 3.63) is 87.6 Å². The van der Waals surface area contributed by atoms with Crippen molar-refractivity contribution in [1.29, 1.82) is 0 Å². The molecular formula is C24H26FN3O3. The number of aliphatic hydroxyl groups excluding tert-OH is 1. The summed E-state index contributed by atoms with van der Waals surface area (Å²) in [5.41, 5.74) is 2.00. The third kappa shape index (κ3) is 5.86. The van der Waals surface area contributed by atoms with Gasteiger partial charge in [0.15, 0.2) is 0 Å². The molecule has 0 saturated carbocycles. The molecule has 0 aliphatic carbocycles. The van der Waals surface area contributed by atoms with Crippen LogP contribution in [0.5, 0.6) is 0 Å². The Hall–Kier alpha value is -3.32. The number of carbonyl (C=O) groups excluding carboxylic acids is 1. The van der Waals surface area contributed by atoms with Crippen LogP contribution in [0.1, 0.15) is 23.2 Å². The maximum Gasteiger partial charge on any atom is 0.257 e. The number of nitrogens with zero attached hydrogens (tertiary/aromatic N) is 2. The fraction of sp³-hybridized carbons (Fsp3) is 0.292. The van der Waals surface area contributed by atoms with Gasteiger partial charge in [0.05, 0.1) is 0 Å². The van der Waals surface area contributed by atoms with E-state index in [0.717, 1.165) is 12.8 Å². The minimum atomic E-state index is -0.458. The second kappa shape index (κ2) is 10.6. The monoisotopic (exact) mass is 423 g/mol. The van der Waals surface area contributed by atoms with Crippen LogP contribution < -0.4 is 10.9 Å². The molecule has 3 aromatic rings. The molecule has 0 bridgehead atoms. The van der Waals surface area contributed by atoms with Crippen molar-refractivity contribution >= 4 is 5.91 Å². The second-order valence-electron chi connectivity index (χ2n) is 7.31. The highest BCUT2D eigenvalue weighted by Crippen LogP contribution is 2.18. The van der Waals surface area contributed by atoms with Crippen LogP contribution in [0.4, 0.5) is 4.39 Å². The Morgan fingerprint density at radius 2 is 1.90 bits per heavy atom. The molecule has 31 heavy (non-hydrogen) atoms. The summed E-state index contributed by atoms with van der Waals surface area (Å²) in [6.07, 6.45) is 1.74. The highest BCUT2D eigenvalue weighted by molar-refractivity contribution is 5.76. The zero-order chi connectivity index (χ0) is 22.2. The van der Waals surface area contributed by atoms with Crippen LogP contribution >= 0.6 is 0 Å². The van der Waals surface area contributed by atoms with Gasteiger partial charge in [-0.05, 0) is 37.5 Å². The minimum Gasteiger partial charge on any atom is -0.396 e. The van der Waals surface area contributed by atoms with E-state index in [1.165, 1.54) is 28.3 Å². The number of amides is 1. The molecule has 6 nitrogen and oxygen atoms in total. The first-order valence-corrected chi connectivity index (χ1v) is 10.3. The number of halogens is 1. The lowest BCUT2D eigenvalue weighted by atomic mass is 10.1. The molecular weight excluding hydrogens is 397 g/mol. The van der Waals surface area contributed by atoms with Crippen LogP contribution in [0.3, 0.4) is 0 Å². The molecule has 1 aromatic heterocycles. The number of aryl methyl sites for hydroxylation is 2. The number of benzene rings is 2. The van der Waals surface area contributed by atoms with E-state index in [9.17, 15) is 19.1 Å². The zero-order valence-electron chi connectivity index (χ0n) is 17.5. The van der Waals surface area contributed by atoms with Gasteiger partial charge in [-0.2, -0.15) is 0 Å². The van der Waals surface area contributed by atoms with Crippen molar-refractivity contribution in [2.45, 2.75) is 32.7 Å². The highest BCUT2D eigenvalue weighted by Gasteiger charge is 2.18. The Bertz CT molecular complexity index is 1100. The number of aliphatic hydroxyl groups is 1. The van der Waals surface area contributed by atoms with Gasteiger partial charge in [-0.3, -0.25) is 14.2 Å². The summed E-state index contributed by atoms with van der Waals surface area (Å²) in [5.74, 6) is -0.558. The molecule has 1 heterocycles. The molecule has 2 N–H and O–H groups in total. The van der Waals surface area contributed by atoms with Gasteiger partial charge < -0.3 is 10.4 Å². The molecule has 0 saturated heterocycles. The Kier molecular flexibility index (Phi) is 7.67. The van der Waals surface area contributed by atoms with Gasteiger partial charge in [-0.15, -0.1) is 0 Å². The molecule has 0 fully saturated rings. The maximum atomic E-state index is 13.8. The van der Waals surface area contributed by atoms with Gasteiger partial charge >= 0.3 is 0 Å². The van der Waals surface area contributed by atoms with Crippen molar-refractivity contribution in [2.75, 3.05) is 13.2 Å². The predicted molar refractivity (Wildman–Crippen MR) is 117 cm³/mol. The van der Waals surface area contributed by atoms with Crippen LogP contribution in [-0.2, 0) is 24.2 Å². The lowest BCUT2D eigenvalue weighted by Gasteiger charge is -2.16. The van der Waals surface area contributed by atoms with Crippen LogP contribution in [0.15, 0.2) is 59.4 Å². The molecule has 0 radical (unpaired) electrons. The van der Waals surface area contributed by atoms with E-state index < -0.39 is 11.4 Å². The van der Waals surface area contributed by atoms with Crippen LogP contribution in [0, 0.1) is 12.7 Å². The van der Waals surface area contributed by atoms with Gasteiger partial charge in [0.25, 0.3) is 5.56 Å². The first kappa shape index (κ1) is 22.4. The SMILES string of the molecule is Cc1nc(-c2cccc(F)c2)n(CC(=O)NCCCc2ccccc2)c(=O)c1CCO. The van der Waals surface area contributed by atoms with E-state index in [-0.39, 0.29) is 31.3 Å². The minimum absolute atomic E-state index is 0.139. The molecule has 0 atom stereocenters. The molecule has 2 aromatic carbocycles. The average Bonchev–Trinajstić information content (AvgIpc) is 2.77. The molecule has 0 aliphatic heterocycles. The molecule has 162 valence electrons. The lowest BCUT2D eigenvalue weighted by Crippen LogP contribution is -2.36. The van der Waals surface area contributed by atoms with E-state index in [0.29, 0.717) is 23.4 Å². The quantitative estimate of drug-likeness (QED) is 0.518. The molecule has 0 aliphatic rings. The third-order valence-corrected chi connectivity index (χ3v) is 5.02. The summed E-state index contributed by atoms with van der Waals surface area (Å²) >= 11 is 0. The standard InChI is InChI=1S/C24H26FN3O3/c1-17-21(12-14-29)24(31)28(23(27-17)19-10-5-11-20(25)15-19)16-22(30)26-13-6-9-18-7-3-2-4-8-18/h2-5,7-8,10-11,15,29H,6,9,12-14,16H2,1H3,(H,26,30). The van der Waals surface area contributed by atoms with Crippen LogP contribution in [0.25, 0.3) is 11.4 Å². The number of hydrogen-bond acceptors (Lipinski definition) is 4. The summed E-state index contributed by atoms with van der Waals surface area (Å²) in [6.45, 7) is 1.70.